The van der Waals surface area contributed by atoms with E-state index in [0.717, 1.165) is 6.07 Å². The molecule has 1 saturated heterocycles. The van der Waals surface area contributed by atoms with Crippen molar-refractivity contribution in [1.29, 1.82) is 0 Å². The van der Waals surface area contributed by atoms with Gasteiger partial charge < -0.3 is 5.11 Å². The number of hydrogen-bond donors (Lipinski definition) is 1. The number of rotatable bonds is 2. The van der Waals surface area contributed by atoms with Gasteiger partial charge in [-0.05, 0) is 12.1 Å². The Labute approximate surface area is 101 Å². The lowest BCUT2D eigenvalue weighted by atomic mass is 10.1. The van der Waals surface area contributed by atoms with Crippen LogP contribution in [0.15, 0.2) is 18.3 Å². The van der Waals surface area contributed by atoms with Gasteiger partial charge in [-0.2, -0.15) is 13.2 Å². The van der Waals surface area contributed by atoms with Crippen LogP contribution >= 0.6 is 0 Å². The van der Waals surface area contributed by atoms with Crippen LogP contribution in [0.2, 0.25) is 0 Å². The molecule has 0 bridgehead atoms. The van der Waals surface area contributed by atoms with Crippen LogP contribution in [-0.4, -0.2) is 29.1 Å². The highest BCUT2D eigenvalue weighted by molar-refractivity contribution is 5.94. The van der Waals surface area contributed by atoms with E-state index >= 15 is 0 Å². The molecule has 0 saturated carbocycles. The van der Waals surface area contributed by atoms with Gasteiger partial charge in [-0.1, -0.05) is 0 Å². The van der Waals surface area contributed by atoms with Gasteiger partial charge in [0.2, 0.25) is 5.91 Å². The minimum absolute atomic E-state index is 0.122. The van der Waals surface area contributed by atoms with Crippen molar-refractivity contribution in [3.8, 4) is 0 Å². The lowest BCUT2D eigenvalue weighted by Gasteiger charge is -2.15. The molecule has 2 heterocycles. The van der Waals surface area contributed by atoms with E-state index in [0.29, 0.717) is 6.20 Å². The first-order valence-corrected chi connectivity index (χ1v) is 5.36. The fourth-order valence-electron chi connectivity index (χ4n) is 1.84. The second kappa shape index (κ2) is 4.56. The fraction of sp³-hybridized carbons (Fsp3) is 0.455. The number of anilines is 1. The molecule has 1 unspecified atom stereocenters. The molecule has 1 atom stereocenters. The molecule has 4 nitrogen and oxygen atoms in total. The molecule has 1 N–H and O–H groups in total. The summed E-state index contributed by atoms with van der Waals surface area (Å²) in [5.74, 6) is -0.230. The molecule has 0 spiro atoms. The van der Waals surface area contributed by atoms with Crippen LogP contribution in [0.25, 0.3) is 0 Å². The molecule has 1 fully saturated rings. The Morgan fingerprint density at radius 3 is 2.61 bits per heavy atom. The quantitative estimate of drug-likeness (QED) is 0.875. The van der Waals surface area contributed by atoms with Gasteiger partial charge in [-0.3, -0.25) is 9.69 Å². The third-order valence-corrected chi connectivity index (χ3v) is 2.82. The van der Waals surface area contributed by atoms with E-state index in [1.165, 1.54) is 11.0 Å². The van der Waals surface area contributed by atoms with Crippen molar-refractivity contribution in [3.63, 3.8) is 0 Å². The predicted molar refractivity (Wildman–Crippen MR) is 56.8 cm³/mol. The minimum Gasteiger partial charge on any atom is -0.396 e. The summed E-state index contributed by atoms with van der Waals surface area (Å²) in [6.07, 6.45) is -3.54. The van der Waals surface area contributed by atoms with Gasteiger partial charge in [0.25, 0.3) is 0 Å². The zero-order chi connectivity index (χ0) is 13.3. The van der Waals surface area contributed by atoms with Crippen LogP contribution in [-0.2, 0) is 11.0 Å². The van der Waals surface area contributed by atoms with Crippen molar-refractivity contribution >= 4 is 11.7 Å². The summed E-state index contributed by atoms with van der Waals surface area (Å²) in [6, 6.07) is 2.06. The highest BCUT2D eigenvalue weighted by atomic mass is 19.4. The smallest absolute Gasteiger partial charge is 0.396 e. The first kappa shape index (κ1) is 12.8. The second-order valence-electron chi connectivity index (χ2n) is 4.16. The first-order chi connectivity index (χ1) is 8.41. The standard InChI is InChI=1S/C11H11F3N2O2/c12-11(13,14)8-1-2-9(15-4-8)16-5-7(6-17)3-10(16)18/h1-2,4,7,17H,3,5-6H2. The zero-order valence-electron chi connectivity index (χ0n) is 9.31. The van der Waals surface area contributed by atoms with E-state index in [1.54, 1.807) is 0 Å². The van der Waals surface area contributed by atoms with Crippen LogP contribution in [0.4, 0.5) is 19.0 Å². The number of aliphatic hydroxyl groups is 1. The minimum atomic E-state index is -4.44. The molecule has 1 aromatic rings. The number of carbonyl (C=O) groups excluding carboxylic acids is 1. The number of hydrogen-bond acceptors (Lipinski definition) is 3. The monoisotopic (exact) mass is 260 g/mol. The number of halogens is 3. The highest BCUT2D eigenvalue weighted by Gasteiger charge is 2.33. The lowest BCUT2D eigenvalue weighted by Crippen LogP contribution is -2.26. The van der Waals surface area contributed by atoms with E-state index < -0.39 is 11.7 Å². The Morgan fingerprint density at radius 1 is 1.44 bits per heavy atom. The molecule has 1 aliphatic rings. The molecule has 0 aromatic carbocycles. The zero-order valence-corrected chi connectivity index (χ0v) is 9.31. The Morgan fingerprint density at radius 2 is 2.17 bits per heavy atom. The van der Waals surface area contributed by atoms with Gasteiger partial charge in [-0.15, -0.1) is 0 Å². The summed E-state index contributed by atoms with van der Waals surface area (Å²) in [6.45, 7) is 0.163. The van der Waals surface area contributed by atoms with Gasteiger partial charge in [0.05, 0.1) is 5.56 Å². The number of amides is 1. The maximum Gasteiger partial charge on any atom is 0.417 e. The van der Waals surface area contributed by atoms with Crippen molar-refractivity contribution in [1.82, 2.24) is 4.98 Å². The summed E-state index contributed by atoms with van der Waals surface area (Å²) in [5, 5.41) is 8.95. The van der Waals surface area contributed by atoms with E-state index in [9.17, 15) is 18.0 Å². The van der Waals surface area contributed by atoms with Crippen LogP contribution in [0.3, 0.4) is 0 Å². The van der Waals surface area contributed by atoms with Crippen molar-refractivity contribution in [2.24, 2.45) is 5.92 Å². The van der Waals surface area contributed by atoms with E-state index in [-0.39, 0.29) is 37.2 Å². The highest BCUT2D eigenvalue weighted by Crippen LogP contribution is 2.30. The number of nitrogens with zero attached hydrogens (tertiary/aromatic N) is 2. The summed E-state index contributed by atoms with van der Waals surface area (Å²) in [7, 11) is 0. The molecule has 1 aliphatic heterocycles. The second-order valence-corrected chi connectivity index (χ2v) is 4.16. The van der Waals surface area contributed by atoms with Crippen molar-refractivity contribution in [2.75, 3.05) is 18.1 Å². The Hall–Kier alpha value is -1.63. The van der Waals surface area contributed by atoms with E-state index in [4.69, 9.17) is 5.11 Å². The molecule has 1 amide bonds. The summed E-state index contributed by atoms with van der Waals surface area (Å²) >= 11 is 0. The molecule has 0 aliphatic carbocycles. The van der Waals surface area contributed by atoms with Gasteiger partial charge in [0, 0.05) is 31.7 Å². The van der Waals surface area contributed by atoms with Crippen LogP contribution in [0.1, 0.15) is 12.0 Å². The Kier molecular flexibility index (Phi) is 3.25. The van der Waals surface area contributed by atoms with Crippen molar-refractivity contribution < 1.29 is 23.1 Å². The molecule has 2 rings (SSSR count). The third-order valence-electron chi connectivity index (χ3n) is 2.82. The fourth-order valence-corrected chi connectivity index (χ4v) is 1.84. The summed E-state index contributed by atoms with van der Waals surface area (Å²) in [5.41, 5.74) is -0.850. The van der Waals surface area contributed by atoms with Crippen molar-refractivity contribution in [2.45, 2.75) is 12.6 Å². The normalized spacial score (nSPS) is 20.6. The average molecular weight is 260 g/mol. The first-order valence-electron chi connectivity index (χ1n) is 5.36. The molecule has 18 heavy (non-hydrogen) atoms. The molecule has 98 valence electrons. The molecular formula is C11H11F3N2O2. The van der Waals surface area contributed by atoms with E-state index in [2.05, 4.69) is 4.98 Å². The maximum atomic E-state index is 12.3. The molecular weight excluding hydrogens is 249 g/mol. The van der Waals surface area contributed by atoms with Crippen LogP contribution in [0.5, 0.6) is 0 Å². The SMILES string of the molecule is O=C1CC(CO)CN1c1ccc(C(F)(F)F)cn1. The number of aromatic nitrogens is 1. The van der Waals surface area contributed by atoms with Crippen LogP contribution in [0, 0.1) is 5.92 Å². The molecule has 1 aromatic heterocycles. The van der Waals surface area contributed by atoms with Gasteiger partial charge in [0.1, 0.15) is 5.82 Å². The largest absolute Gasteiger partial charge is 0.417 e. The third kappa shape index (κ3) is 2.45. The Balaban J connectivity index is 2.18. The maximum absolute atomic E-state index is 12.3. The molecule has 0 radical (unpaired) electrons. The number of carbonyl (C=O) groups is 1. The average Bonchev–Trinajstić information content (AvgIpc) is 2.70. The molecule has 7 heteroatoms. The topological polar surface area (TPSA) is 53.4 Å². The Bertz CT molecular complexity index is 445. The van der Waals surface area contributed by atoms with E-state index in [1.807, 2.05) is 0 Å². The van der Waals surface area contributed by atoms with Gasteiger partial charge in [-0.25, -0.2) is 4.98 Å². The number of pyridine rings is 1. The number of aliphatic hydroxyl groups excluding tert-OH is 1. The summed E-state index contributed by atoms with van der Waals surface area (Å²) < 4.78 is 37.0. The van der Waals surface area contributed by atoms with Gasteiger partial charge in [0.15, 0.2) is 0 Å². The van der Waals surface area contributed by atoms with Gasteiger partial charge >= 0.3 is 6.18 Å². The van der Waals surface area contributed by atoms with Crippen molar-refractivity contribution in [3.05, 3.63) is 23.9 Å². The predicted octanol–water partition coefficient (Wildman–Crippen LogP) is 1.45. The lowest BCUT2D eigenvalue weighted by molar-refractivity contribution is -0.137. The number of alkyl halides is 3. The summed E-state index contributed by atoms with van der Waals surface area (Å²) in [4.78, 5) is 16.5. The van der Waals surface area contributed by atoms with Crippen LogP contribution < -0.4 is 4.90 Å².